The summed E-state index contributed by atoms with van der Waals surface area (Å²) in [6.07, 6.45) is 0.864. The van der Waals surface area contributed by atoms with Crippen molar-refractivity contribution in [1.82, 2.24) is 19.8 Å². The fraction of sp³-hybridized carbons (Fsp3) is 0.318. The molecule has 0 spiro atoms. The molecule has 0 aliphatic carbocycles. The van der Waals surface area contributed by atoms with E-state index < -0.39 is 0 Å². The van der Waals surface area contributed by atoms with Crippen molar-refractivity contribution in [3.05, 3.63) is 68.2 Å². The Bertz CT molecular complexity index is 1220. The molecule has 4 rings (SSSR count). The number of morpholine rings is 1. The largest absolute Gasteiger partial charge is 0.379 e. The van der Waals surface area contributed by atoms with Crippen molar-refractivity contribution in [2.45, 2.75) is 6.42 Å². The van der Waals surface area contributed by atoms with E-state index in [4.69, 9.17) is 28.6 Å². The summed E-state index contributed by atoms with van der Waals surface area (Å²) in [4.78, 5) is 31.0. The lowest BCUT2D eigenvalue weighted by atomic mass is 10.1. The minimum absolute atomic E-state index is 0.181. The number of carbonyl (C=O) groups excluding carboxylic acids is 1. The number of benzene rings is 2. The molecule has 1 aromatic heterocycles. The van der Waals surface area contributed by atoms with Crippen LogP contribution in [0.25, 0.3) is 16.6 Å². The van der Waals surface area contributed by atoms with Crippen molar-refractivity contribution in [2.24, 2.45) is 0 Å². The number of carbonyl (C=O) groups is 1. The summed E-state index contributed by atoms with van der Waals surface area (Å²) in [5.41, 5.74) is 1.32. The highest BCUT2D eigenvalue weighted by Gasteiger charge is 2.12. The standard InChI is InChI=1S/C22H23ClN4O3S/c23-16-5-6-18-19(14-16)25-22(31)27(21(18)29)17-4-1-3-15(13-17)20(28)24-7-2-8-26-9-11-30-12-10-26/h1,3-6,13-14H,2,7-12H2,(H,24,28)(H,25,31). The van der Waals surface area contributed by atoms with E-state index in [1.165, 1.54) is 4.57 Å². The molecule has 2 aromatic carbocycles. The van der Waals surface area contributed by atoms with Gasteiger partial charge >= 0.3 is 0 Å². The molecule has 1 fully saturated rings. The van der Waals surface area contributed by atoms with E-state index in [1.54, 1.807) is 42.5 Å². The lowest BCUT2D eigenvalue weighted by Gasteiger charge is -2.26. The number of rotatable bonds is 6. The van der Waals surface area contributed by atoms with E-state index in [-0.39, 0.29) is 16.2 Å². The number of nitrogens with one attached hydrogen (secondary N) is 2. The number of fused-ring (bicyclic) bond motifs is 1. The first-order valence-electron chi connectivity index (χ1n) is 10.2. The summed E-state index contributed by atoms with van der Waals surface area (Å²) < 4.78 is 6.97. The molecule has 0 atom stereocenters. The zero-order valence-corrected chi connectivity index (χ0v) is 18.5. The predicted molar refractivity (Wildman–Crippen MR) is 124 cm³/mol. The summed E-state index contributed by atoms with van der Waals surface area (Å²) >= 11 is 11.4. The van der Waals surface area contributed by atoms with Crippen molar-refractivity contribution in [2.75, 3.05) is 39.4 Å². The first kappa shape index (κ1) is 21.7. The Kier molecular flexibility index (Phi) is 6.82. The molecular weight excluding hydrogens is 436 g/mol. The third-order valence-corrected chi connectivity index (χ3v) is 5.79. The molecule has 0 bridgehead atoms. The monoisotopic (exact) mass is 458 g/mol. The molecule has 0 unspecified atom stereocenters. The van der Waals surface area contributed by atoms with E-state index in [9.17, 15) is 9.59 Å². The van der Waals surface area contributed by atoms with Crippen LogP contribution in [0, 0.1) is 4.77 Å². The summed E-state index contributed by atoms with van der Waals surface area (Å²) in [7, 11) is 0. The van der Waals surface area contributed by atoms with Gasteiger partial charge in [-0.1, -0.05) is 17.7 Å². The number of hydrogen-bond acceptors (Lipinski definition) is 5. The van der Waals surface area contributed by atoms with Gasteiger partial charge in [0.25, 0.3) is 11.5 Å². The van der Waals surface area contributed by atoms with Crippen molar-refractivity contribution in [3.63, 3.8) is 0 Å². The van der Waals surface area contributed by atoms with Crippen molar-refractivity contribution < 1.29 is 9.53 Å². The Morgan fingerprint density at radius 1 is 1.19 bits per heavy atom. The van der Waals surface area contributed by atoms with Crippen LogP contribution in [-0.2, 0) is 4.74 Å². The van der Waals surface area contributed by atoms with Crippen LogP contribution in [0.3, 0.4) is 0 Å². The molecule has 1 saturated heterocycles. The molecule has 1 amide bonds. The molecule has 2 heterocycles. The highest BCUT2D eigenvalue weighted by Crippen LogP contribution is 2.17. The third kappa shape index (κ3) is 5.04. The van der Waals surface area contributed by atoms with Crippen LogP contribution < -0.4 is 10.9 Å². The highest BCUT2D eigenvalue weighted by molar-refractivity contribution is 7.71. The lowest BCUT2D eigenvalue weighted by molar-refractivity contribution is 0.0374. The van der Waals surface area contributed by atoms with Crippen LogP contribution in [0.15, 0.2) is 47.3 Å². The summed E-state index contributed by atoms with van der Waals surface area (Å²) in [6, 6.07) is 11.9. The van der Waals surface area contributed by atoms with Gasteiger partial charge in [-0.3, -0.25) is 19.1 Å². The number of ether oxygens (including phenoxy) is 1. The Morgan fingerprint density at radius 3 is 2.81 bits per heavy atom. The zero-order valence-electron chi connectivity index (χ0n) is 16.9. The molecule has 0 radical (unpaired) electrons. The number of hydrogen-bond donors (Lipinski definition) is 2. The molecule has 2 N–H and O–H groups in total. The van der Waals surface area contributed by atoms with E-state index in [1.807, 2.05) is 0 Å². The zero-order chi connectivity index (χ0) is 21.8. The molecule has 31 heavy (non-hydrogen) atoms. The topological polar surface area (TPSA) is 79.4 Å². The van der Waals surface area contributed by atoms with Crippen molar-refractivity contribution in [1.29, 1.82) is 0 Å². The van der Waals surface area contributed by atoms with Crippen LogP contribution in [0.5, 0.6) is 0 Å². The first-order valence-corrected chi connectivity index (χ1v) is 10.9. The average Bonchev–Trinajstić information content (AvgIpc) is 2.77. The first-order chi connectivity index (χ1) is 15.0. The maximum atomic E-state index is 13.0. The number of aromatic amines is 1. The third-order valence-electron chi connectivity index (χ3n) is 5.27. The van der Waals surface area contributed by atoms with E-state index in [0.29, 0.717) is 33.7 Å². The van der Waals surface area contributed by atoms with Gasteiger partial charge in [0.05, 0.1) is 29.8 Å². The Morgan fingerprint density at radius 2 is 2.00 bits per heavy atom. The minimum atomic E-state index is -0.265. The van der Waals surface area contributed by atoms with Crippen molar-refractivity contribution in [3.8, 4) is 5.69 Å². The number of amides is 1. The van der Waals surface area contributed by atoms with E-state index >= 15 is 0 Å². The fourth-order valence-corrected chi connectivity index (χ4v) is 4.11. The normalized spacial score (nSPS) is 14.6. The fourth-order valence-electron chi connectivity index (χ4n) is 3.64. The van der Waals surface area contributed by atoms with Gasteiger partial charge in [-0.2, -0.15) is 0 Å². The van der Waals surface area contributed by atoms with Gasteiger partial charge in [-0.25, -0.2) is 0 Å². The second-order valence-corrected chi connectivity index (χ2v) is 8.20. The molecule has 9 heteroatoms. The molecule has 1 aliphatic rings. The van der Waals surface area contributed by atoms with Crippen molar-refractivity contribution >= 4 is 40.6 Å². The van der Waals surface area contributed by atoms with Crippen LogP contribution in [-0.4, -0.2) is 59.8 Å². The molecular formula is C22H23ClN4O3S. The SMILES string of the molecule is O=C(NCCCN1CCOCC1)c1cccc(-n2c(=S)[nH]c3cc(Cl)ccc3c2=O)c1. The minimum Gasteiger partial charge on any atom is -0.379 e. The molecule has 3 aromatic rings. The van der Waals surface area contributed by atoms with Crippen LogP contribution >= 0.6 is 23.8 Å². The van der Waals surface area contributed by atoms with Gasteiger partial charge in [0.1, 0.15) is 0 Å². The van der Waals surface area contributed by atoms with Gasteiger partial charge in [-0.05, 0) is 61.6 Å². The number of nitrogens with zero attached hydrogens (tertiary/aromatic N) is 2. The van der Waals surface area contributed by atoms with Gasteiger partial charge in [-0.15, -0.1) is 0 Å². The maximum Gasteiger partial charge on any atom is 0.266 e. The molecule has 1 aliphatic heterocycles. The predicted octanol–water partition coefficient (Wildman–Crippen LogP) is 3.15. The van der Waals surface area contributed by atoms with E-state index in [2.05, 4.69) is 15.2 Å². The van der Waals surface area contributed by atoms with Crippen LogP contribution in [0.2, 0.25) is 5.02 Å². The van der Waals surface area contributed by atoms with Gasteiger partial charge < -0.3 is 15.0 Å². The highest BCUT2D eigenvalue weighted by atomic mass is 35.5. The van der Waals surface area contributed by atoms with Gasteiger partial charge in [0.15, 0.2) is 4.77 Å². The Hall–Kier alpha value is -2.52. The Balaban J connectivity index is 1.49. The molecule has 162 valence electrons. The summed E-state index contributed by atoms with van der Waals surface area (Å²) in [6.45, 7) is 4.91. The smallest absolute Gasteiger partial charge is 0.266 e. The second-order valence-electron chi connectivity index (χ2n) is 7.37. The van der Waals surface area contributed by atoms with Crippen LogP contribution in [0.4, 0.5) is 0 Å². The number of halogens is 1. The lowest BCUT2D eigenvalue weighted by Crippen LogP contribution is -2.38. The number of aromatic nitrogens is 2. The van der Waals surface area contributed by atoms with E-state index in [0.717, 1.165) is 39.3 Å². The molecule has 0 saturated carbocycles. The molecule has 7 nitrogen and oxygen atoms in total. The Labute approximate surface area is 189 Å². The quantitative estimate of drug-likeness (QED) is 0.438. The van der Waals surface area contributed by atoms with Gasteiger partial charge in [0.2, 0.25) is 0 Å². The maximum absolute atomic E-state index is 13.0. The van der Waals surface area contributed by atoms with Crippen LogP contribution in [0.1, 0.15) is 16.8 Å². The van der Waals surface area contributed by atoms with Gasteiger partial charge in [0, 0.05) is 30.2 Å². The second kappa shape index (κ2) is 9.74. The summed E-state index contributed by atoms with van der Waals surface area (Å²) in [5.74, 6) is -0.181. The number of H-pyrrole nitrogens is 1. The average molecular weight is 459 g/mol. The summed E-state index contributed by atoms with van der Waals surface area (Å²) in [5, 5.41) is 3.93.